The lowest BCUT2D eigenvalue weighted by molar-refractivity contribution is 0.0766. The molecule has 4 rings (SSSR count). The summed E-state index contributed by atoms with van der Waals surface area (Å²) in [5, 5.41) is 10.1. The molecular weight excluding hydrogens is 398 g/mol. The summed E-state index contributed by atoms with van der Waals surface area (Å²) in [6, 6.07) is 7.82. The molecular formula is C24H34ClN3O2. The summed E-state index contributed by atoms with van der Waals surface area (Å²) < 4.78 is 0. The summed E-state index contributed by atoms with van der Waals surface area (Å²) in [6.07, 6.45) is 2.94. The van der Waals surface area contributed by atoms with Crippen LogP contribution in [0, 0.1) is 12.8 Å². The van der Waals surface area contributed by atoms with Gasteiger partial charge in [-0.3, -0.25) is 4.79 Å². The van der Waals surface area contributed by atoms with E-state index in [0.29, 0.717) is 11.7 Å². The Kier molecular flexibility index (Phi) is 6.54. The molecule has 0 radical (unpaired) electrons. The van der Waals surface area contributed by atoms with Crippen molar-refractivity contribution in [2.24, 2.45) is 5.92 Å². The van der Waals surface area contributed by atoms with E-state index >= 15 is 0 Å². The zero-order valence-electron chi connectivity index (χ0n) is 18.5. The smallest absolute Gasteiger partial charge is 0.270 e. The van der Waals surface area contributed by atoms with Crippen molar-refractivity contribution in [3.8, 4) is 5.75 Å². The number of piperidine rings is 1. The van der Waals surface area contributed by atoms with Gasteiger partial charge < -0.3 is 19.9 Å². The first-order valence-corrected chi connectivity index (χ1v) is 10.9. The van der Waals surface area contributed by atoms with Gasteiger partial charge in [-0.25, -0.2) is 0 Å². The Bertz CT molecular complexity index is 921. The van der Waals surface area contributed by atoms with E-state index in [4.69, 9.17) is 0 Å². The van der Waals surface area contributed by atoms with E-state index in [0.717, 1.165) is 56.7 Å². The van der Waals surface area contributed by atoms with Gasteiger partial charge in [0.05, 0.1) is 0 Å². The highest BCUT2D eigenvalue weighted by Crippen LogP contribution is 2.49. The van der Waals surface area contributed by atoms with E-state index in [9.17, 15) is 9.90 Å². The number of hydrogen-bond donors (Lipinski definition) is 2. The minimum absolute atomic E-state index is 0. The van der Waals surface area contributed by atoms with Crippen LogP contribution in [0.4, 0.5) is 0 Å². The zero-order chi connectivity index (χ0) is 20.8. The second kappa shape index (κ2) is 8.64. The molecule has 1 aliphatic carbocycles. The minimum atomic E-state index is 0. The Hall–Kier alpha value is -1.98. The fourth-order valence-electron chi connectivity index (χ4n) is 5.60. The van der Waals surface area contributed by atoms with Gasteiger partial charge in [-0.1, -0.05) is 12.1 Å². The lowest BCUT2D eigenvalue weighted by atomic mass is 9.58. The molecule has 0 bridgehead atoms. The topological polar surface area (TPSA) is 59.6 Å². The van der Waals surface area contributed by atoms with E-state index in [2.05, 4.69) is 29.9 Å². The van der Waals surface area contributed by atoms with Crippen molar-refractivity contribution in [1.82, 2.24) is 14.8 Å². The predicted molar refractivity (Wildman–Crippen MR) is 123 cm³/mol. The number of carbonyl (C=O) groups excluding carboxylic acids is 1. The average molecular weight is 432 g/mol. The number of halogens is 1. The number of carbonyl (C=O) groups is 1. The predicted octanol–water partition coefficient (Wildman–Crippen LogP) is 3.92. The summed E-state index contributed by atoms with van der Waals surface area (Å²) in [4.78, 5) is 20.9. The van der Waals surface area contributed by atoms with Crippen LogP contribution in [0.1, 0.15) is 53.1 Å². The van der Waals surface area contributed by atoms with Crippen LogP contribution in [-0.4, -0.2) is 59.0 Å². The number of amides is 1. The van der Waals surface area contributed by atoms with Crippen LogP contribution in [0.25, 0.3) is 0 Å². The highest BCUT2D eigenvalue weighted by Gasteiger charge is 2.48. The van der Waals surface area contributed by atoms with Gasteiger partial charge in [0.1, 0.15) is 11.4 Å². The van der Waals surface area contributed by atoms with E-state index in [1.54, 1.807) is 6.07 Å². The Morgan fingerprint density at radius 2 is 2.07 bits per heavy atom. The molecule has 164 valence electrons. The van der Waals surface area contributed by atoms with Crippen LogP contribution in [-0.2, 0) is 18.3 Å². The SMILES string of the molecule is CCN(CC)C(=O)c1[nH]c2c(c1C)C[C@H]1CN(C)CC[C@]1(c1cccc(O)c1)C2.Cl. The highest BCUT2D eigenvalue weighted by molar-refractivity contribution is 5.94. The van der Waals surface area contributed by atoms with Gasteiger partial charge in [-0.15, -0.1) is 12.4 Å². The molecule has 1 aromatic carbocycles. The Morgan fingerprint density at radius 1 is 1.33 bits per heavy atom. The van der Waals surface area contributed by atoms with Crippen LogP contribution in [0.2, 0.25) is 0 Å². The summed E-state index contributed by atoms with van der Waals surface area (Å²) >= 11 is 0. The number of aromatic nitrogens is 1. The molecule has 2 heterocycles. The number of fused-ring (bicyclic) bond motifs is 2. The minimum Gasteiger partial charge on any atom is -0.508 e. The number of rotatable bonds is 4. The van der Waals surface area contributed by atoms with Crippen LogP contribution in [0.3, 0.4) is 0 Å². The molecule has 1 saturated heterocycles. The monoisotopic (exact) mass is 431 g/mol. The fraction of sp³-hybridized carbons (Fsp3) is 0.542. The van der Waals surface area contributed by atoms with E-state index in [1.807, 2.05) is 30.9 Å². The number of nitrogens with one attached hydrogen (secondary N) is 1. The van der Waals surface area contributed by atoms with Gasteiger partial charge in [-0.05, 0) is 88.4 Å². The third-order valence-corrected chi connectivity index (χ3v) is 7.35. The van der Waals surface area contributed by atoms with Crippen LogP contribution in [0.15, 0.2) is 24.3 Å². The summed E-state index contributed by atoms with van der Waals surface area (Å²) in [7, 11) is 2.20. The summed E-state index contributed by atoms with van der Waals surface area (Å²) in [5.41, 5.74) is 5.65. The molecule has 0 spiro atoms. The number of hydrogen-bond acceptors (Lipinski definition) is 3. The summed E-state index contributed by atoms with van der Waals surface area (Å²) in [6.45, 7) is 9.69. The molecule has 1 aromatic heterocycles. The number of aromatic amines is 1. The van der Waals surface area contributed by atoms with Gasteiger partial charge in [0.25, 0.3) is 5.91 Å². The van der Waals surface area contributed by atoms with Crippen molar-refractivity contribution in [3.63, 3.8) is 0 Å². The molecule has 2 aliphatic rings. The van der Waals surface area contributed by atoms with Crippen LogP contribution < -0.4 is 0 Å². The van der Waals surface area contributed by atoms with Crippen molar-refractivity contribution in [1.29, 1.82) is 0 Å². The van der Waals surface area contributed by atoms with Crippen LogP contribution in [0.5, 0.6) is 5.75 Å². The second-order valence-corrected chi connectivity index (χ2v) is 8.86. The maximum Gasteiger partial charge on any atom is 0.270 e. The normalized spacial score (nSPS) is 23.3. The number of benzene rings is 1. The number of H-pyrrole nitrogens is 1. The first-order valence-electron chi connectivity index (χ1n) is 10.9. The maximum absolute atomic E-state index is 13.1. The molecule has 1 amide bonds. The lowest BCUT2D eigenvalue weighted by Gasteiger charge is -2.50. The van der Waals surface area contributed by atoms with Gasteiger partial charge >= 0.3 is 0 Å². The first kappa shape index (κ1) is 22.7. The van der Waals surface area contributed by atoms with Gasteiger partial charge in [0.15, 0.2) is 0 Å². The zero-order valence-corrected chi connectivity index (χ0v) is 19.3. The lowest BCUT2D eigenvalue weighted by Crippen LogP contribution is -2.52. The number of likely N-dealkylation sites (tertiary alicyclic amines) is 1. The largest absolute Gasteiger partial charge is 0.508 e. The van der Waals surface area contributed by atoms with E-state index in [-0.39, 0.29) is 23.7 Å². The Labute approximate surface area is 185 Å². The van der Waals surface area contributed by atoms with Crippen molar-refractivity contribution in [2.45, 2.75) is 45.4 Å². The number of aromatic hydroxyl groups is 1. The third kappa shape index (κ3) is 3.63. The summed E-state index contributed by atoms with van der Waals surface area (Å²) in [5.74, 6) is 0.912. The number of phenols is 1. The Balaban J connectivity index is 0.00000256. The number of phenolic OH excluding ortho intramolecular Hbond substituents is 1. The van der Waals surface area contributed by atoms with Gasteiger partial charge in [0.2, 0.25) is 0 Å². The van der Waals surface area contributed by atoms with Crippen molar-refractivity contribution in [2.75, 3.05) is 33.2 Å². The van der Waals surface area contributed by atoms with Gasteiger partial charge in [0, 0.05) is 30.7 Å². The molecule has 2 atom stereocenters. The van der Waals surface area contributed by atoms with E-state index in [1.165, 1.54) is 16.8 Å². The van der Waals surface area contributed by atoms with Crippen molar-refractivity contribution < 1.29 is 9.90 Å². The highest BCUT2D eigenvalue weighted by atomic mass is 35.5. The Morgan fingerprint density at radius 3 is 2.73 bits per heavy atom. The maximum atomic E-state index is 13.1. The van der Waals surface area contributed by atoms with Gasteiger partial charge in [-0.2, -0.15) is 0 Å². The average Bonchev–Trinajstić information content (AvgIpc) is 3.02. The molecule has 1 aliphatic heterocycles. The third-order valence-electron chi connectivity index (χ3n) is 7.35. The molecule has 2 N–H and O–H groups in total. The molecule has 0 unspecified atom stereocenters. The molecule has 2 aromatic rings. The fourth-order valence-corrected chi connectivity index (χ4v) is 5.60. The molecule has 6 heteroatoms. The van der Waals surface area contributed by atoms with E-state index < -0.39 is 0 Å². The van der Waals surface area contributed by atoms with Crippen molar-refractivity contribution in [3.05, 3.63) is 52.3 Å². The molecule has 30 heavy (non-hydrogen) atoms. The molecule has 1 fully saturated rings. The molecule has 5 nitrogen and oxygen atoms in total. The van der Waals surface area contributed by atoms with Crippen LogP contribution >= 0.6 is 12.4 Å². The van der Waals surface area contributed by atoms with Crippen molar-refractivity contribution >= 4 is 18.3 Å². The second-order valence-electron chi connectivity index (χ2n) is 8.86. The molecule has 0 saturated carbocycles. The standard InChI is InChI=1S/C24H33N3O2.ClH/c1-5-27(6-2)23(29)22-16(3)20-13-18-15-26(4)11-10-24(18,14-21(20)25-22)17-8-7-9-19(28)12-17;/h7-9,12,18,25,28H,5-6,10-11,13-15H2,1-4H3;1H/t18-,24+;/m0./s1. The number of nitrogens with zero attached hydrogens (tertiary/aromatic N) is 2. The quantitative estimate of drug-likeness (QED) is 0.771. The first-order chi connectivity index (χ1) is 13.9.